The van der Waals surface area contributed by atoms with Crippen molar-refractivity contribution in [1.29, 1.82) is 0 Å². The quantitative estimate of drug-likeness (QED) is 0.310. The van der Waals surface area contributed by atoms with Gasteiger partial charge in [-0.15, -0.1) is 9.24 Å². The molecule has 0 aromatic heterocycles. The van der Waals surface area contributed by atoms with Crippen molar-refractivity contribution >= 4 is 29.1 Å². The van der Waals surface area contributed by atoms with Gasteiger partial charge in [-0.2, -0.15) is 12.6 Å². The number of thiol groups is 1. The molecule has 1 nitrogen and oxygen atoms in total. The van der Waals surface area contributed by atoms with Gasteiger partial charge in [-0.1, -0.05) is 6.06 Å². The van der Waals surface area contributed by atoms with Crippen LogP contribution in [0.5, 0.6) is 0 Å². The highest BCUT2D eigenvalue weighted by Gasteiger charge is 1.95. The van der Waals surface area contributed by atoms with E-state index in [0.29, 0.717) is 0 Å². The molecule has 4 heteroatoms. The molecule has 2 atom stereocenters. The molecule has 0 heterocycles. The Hall–Kier alpha value is 0.805. The molecule has 0 aliphatic carbocycles. The molecule has 0 fully saturated rings. The van der Waals surface area contributed by atoms with Crippen molar-refractivity contribution in [3.05, 3.63) is 0 Å². The zero-order valence-corrected chi connectivity index (χ0v) is 6.22. The highest BCUT2D eigenvalue weighted by molar-refractivity contribution is 7.80. The van der Waals surface area contributed by atoms with E-state index in [4.69, 9.17) is 5.73 Å². The van der Waals surface area contributed by atoms with E-state index in [1.54, 1.807) is 0 Å². The number of rotatable bonds is 3. The Morgan fingerprint density at radius 2 is 2.43 bits per heavy atom. The first-order valence-corrected chi connectivity index (χ1v) is 3.66. The van der Waals surface area contributed by atoms with Crippen LogP contribution in [0.2, 0.25) is 0 Å². The molecule has 0 rings (SSSR count). The van der Waals surface area contributed by atoms with Crippen molar-refractivity contribution in [3.63, 3.8) is 0 Å². The van der Waals surface area contributed by atoms with Gasteiger partial charge in [0.25, 0.3) is 0 Å². The van der Waals surface area contributed by atoms with Crippen LogP contribution in [0.3, 0.4) is 0 Å². The molecule has 0 saturated carbocycles. The molecule has 7 heavy (non-hydrogen) atoms. The molecule has 41 valence electrons. The minimum Gasteiger partial charge on any atom is -0.334 e. The zero-order chi connectivity index (χ0) is 5.70. The van der Waals surface area contributed by atoms with Gasteiger partial charge in [-0.05, 0) is 11.7 Å². The fourth-order valence-electron chi connectivity index (χ4n) is 0.249. The number of hydrogen-bond acceptors (Lipinski definition) is 2. The molecule has 0 aromatic carbocycles. The van der Waals surface area contributed by atoms with Crippen LogP contribution < -0.4 is 5.73 Å². The topological polar surface area (TPSA) is 26.0 Å². The monoisotopic (exact) mass is 134 g/mol. The minimum absolute atomic E-state index is 0.167. The molecular weight excluding hydrogens is 124 g/mol. The van der Waals surface area contributed by atoms with Gasteiger partial charge in [-0.3, -0.25) is 0 Å². The van der Waals surface area contributed by atoms with Crippen LogP contribution in [0.1, 0.15) is 0 Å². The normalized spacial score (nSPS) is 13.6. The first-order valence-electron chi connectivity index (χ1n) is 2.21. The van der Waals surface area contributed by atoms with Gasteiger partial charge in [0.1, 0.15) is 7.28 Å². The Balaban J connectivity index is 2.83. The van der Waals surface area contributed by atoms with E-state index < -0.39 is 0 Å². The van der Waals surface area contributed by atoms with Crippen molar-refractivity contribution in [2.24, 2.45) is 5.73 Å². The van der Waals surface area contributed by atoms with Crippen LogP contribution in [0.4, 0.5) is 0 Å². The summed E-state index contributed by atoms with van der Waals surface area (Å²) >= 11 is 3.98. The summed E-state index contributed by atoms with van der Waals surface area (Å²) in [6, 6.07) is 0.960. The SMILES string of the molecule is N[C@@H]([B]CP)CS. The highest BCUT2D eigenvalue weighted by atomic mass is 32.1. The summed E-state index contributed by atoms with van der Waals surface area (Å²) in [6.07, 6.45) is 0. The van der Waals surface area contributed by atoms with E-state index in [1.165, 1.54) is 0 Å². The highest BCUT2D eigenvalue weighted by Crippen LogP contribution is 1.83. The Morgan fingerprint density at radius 3 is 2.57 bits per heavy atom. The Kier molecular flexibility index (Phi) is 5.52. The molecular formula is C3H10BNPS. The second-order valence-electron chi connectivity index (χ2n) is 1.32. The molecule has 0 bridgehead atoms. The maximum Gasteiger partial charge on any atom is 0.138 e. The average Bonchev–Trinajstić information content (AvgIpc) is 1.68. The van der Waals surface area contributed by atoms with Gasteiger partial charge in [-0.25, -0.2) is 0 Å². The van der Waals surface area contributed by atoms with Crippen molar-refractivity contribution in [3.8, 4) is 0 Å². The third-order valence-corrected chi connectivity index (χ3v) is 1.34. The van der Waals surface area contributed by atoms with Gasteiger partial charge in [0.05, 0.1) is 0 Å². The van der Waals surface area contributed by atoms with E-state index in [1.807, 2.05) is 7.28 Å². The summed E-state index contributed by atoms with van der Waals surface area (Å²) in [6.45, 7) is 0. The van der Waals surface area contributed by atoms with Gasteiger partial charge < -0.3 is 5.73 Å². The molecule has 2 N–H and O–H groups in total. The summed E-state index contributed by atoms with van der Waals surface area (Å²) in [5.41, 5.74) is 5.44. The molecule has 0 aliphatic rings. The van der Waals surface area contributed by atoms with Gasteiger partial charge in [0.15, 0.2) is 0 Å². The number of nitrogens with two attached hydrogens (primary N) is 1. The third-order valence-electron chi connectivity index (χ3n) is 0.650. The minimum atomic E-state index is 0.167. The fourth-order valence-corrected chi connectivity index (χ4v) is 0.748. The first kappa shape index (κ1) is 7.80. The van der Waals surface area contributed by atoms with E-state index in [2.05, 4.69) is 21.9 Å². The lowest BCUT2D eigenvalue weighted by Crippen LogP contribution is -2.30. The van der Waals surface area contributed by atoms with Crippen LogP contribution in [-0.4, -0.2) is 25.0 Å². The van der Waals surface area contributed by atoms with Crippen molar-refractivity contribution < 1.29 is 0 Å². The molecule has 1 radical (unpaired) electrons. The van der Waals surface area contributed by atoms with E-state index in [0.717, 1.165) is 11.8 Å². The molecule has 0 saturated heterocycles. The molecule has 0 aliphatic heterocycles. The Bertz CT molecular complexity index is 45.9. The second kappa shape index (κ2) is 4.95. The lowest BCUT2D eigenvalue weighted by Gasteiger charge is -2.00. The number of hydrogen-bond donors (Lipinski definition) is 2. The maximum atomic E-state index is 5.44. The van der Waals surface area contributed by atoms with Crippen molar-refractivity contribution in [2.75, 3.05) is 11.8 Å². The van der Waals surface area contributed by atoms with Gasteiger partial charge in [0.2, 0.25) is 0 Å². The molecule has 0 spiro atoms. The summed E-state index contributed by atoms with van der Waals surface area (Å²) in [4.78, 5) is 0. The molecule has 1 unspecified atom stereocenters. The van der Waals surface area contributed by atoms with Crippen LogP contribution in [0, 0.1) is 0 Å². The molecule has 0 aromatic rings. The zero-order valence-electron chi connectivity index (χ0n) is 4.17. The smallest absolute Gasteiger partial charge is 0.138 e. The third kappa shape index (κ3) is 4.66. The van der Waals surface area contributed by atoms with Crippen LogP contribution in [-0.2, 0) is 0 Å². The van der Waals surface area contributed by atoms with Crippen molar-refractivity contribution in [1.82, 2.24) is 0 Å². The fraction of sp³-hybridized carbons (Fsp3) is 1.00. The van der Waals surface area contributed by atoms with Gasteiger partial charge in [0, 0.05) is 0 Å². The second-order valence-corrected chi connectivity index (χ2v) is 2.15. The van der Waals surface area contributed by atoms with Crippen molar-refractivity contribution in [2.45, 2.75) is 5.94 Å². The summed E-state index contributed by atoms with van der Waals surface area (Å²) in [5.74, 6) is 0.912. The van der Waals surface area contributed by atoms with Crippen LogP contribution in [0.25, 0.3) is 0 Å². The standard InChI is InChI=1S/C3H10BNPS/c5-3(1-7)4-2-6/h3,7H,1-2,5-6H2/t3-/m1/s1. The van der Waals surface area contributed by atoms with Crippen LogP contribution >= 0.6 is 21.9 Å². The summed E-state index contributed by atoms with van der Waals surface area (Å²) in [5, 5.41) is 0. The summed E-state index contributed by atoms with van der Waals surface area (Å²) < 4.78 is 0. The van der Waals surface area contributed by atoms with E-state index in [9.17, 15) is 0 Å². The van der Waals surface area contributed by atoms with E-state index in [-0.39, 0.29) is 5.94 Å². The van der Waals surface area contributed by atoms with E-state index >= 15 is 0 Å². The predicted molar refractivity (Wildman–Crippen MR) is 42.2 cm³/mol. The average molecular weight is 134 g/mol. The lowest BCUT2D eigenvalue weighted by atomic mass is 9.74. The largest absolute Gasteiger partial charge is 0.334 e. The molecule has 0 amide bonds. The predicted octanol–water partition coefficient (Wildman–Crippen LogP) is -0.262. The Morgan fingerprint density at radius 1 is 1.86 bits per heavy atom. The van der Waals surface area contributed by atoms with Crippen LogP contribution in [0.15, 0.2) is 0 Å². The van der Waals surface area contributed by atoms with Gasteiger partial charge >= 0.3 is 0 Å². The lowest BCUT2D eigenvalue weighted by molar-refractivity contribution is 1.03. The Labute approximate surface area is 53.3 Å². The maximum absolute atomic E-state index is 5.44. The first-order chi connectivity index (χ1) is 3.31. The summed E-state index contributed by atoms with van der Waals surface area (Å²) in [7, 11) is 4.59.